The summed E-state index contributed by atoms with van der Waals surface area (Å²) in [5.41, 5.74) is 1.55. The zero-order valence-corrected chi connectivity index (χ0v) is 19.4. The molecule has 1 aliphatic heterocycles. The zero-order valence-electron chi connectivity index (χ0n) is 17.1. The molecule has 34 heavy (non-hydrogen) atoms. The van der Waals surface area contributed by atoms with E-state index in [1.807, 2.05) is 0 Å². The van der Waals surface area contributed by atoms with E-state index in [4.69, 9.17) is 39.5 Å². The Kier molecular flexibility index (Phi) is 6.74. The molecule has 1 N–H and O–H groups in total. The van der Waals surface area contributed by atoms with E-state index < -0.39 is 16.9 Å². The van der Waals surface area contributed by atoms with E-state index in [0.29, 0.717) is 21.8 Å². The number of urea groups is 1. The molecule has 3 aromatic rings. The van der Waals surface area contributed by atoms with Crippen LogP contribution < -0.4 is 15.0 Å². The first-order chi connectivity index (χ1) is 16.2. The fraction of sp³-hybridized carbons (Fsp3) is 0.0435. The minimum absolute atomic E-state index is 0.0274. The van der Waals surface area contributed by atoms with Gasteiger partial charge in [-0.25, -0.2) is 9.69 Å². The number of hydrogen-bond acceptors (Lipinski definition) is 5. The molecule has 1 fully saturated rings. The number of nitro groups is 1. The molecular formula is C23H14Cl3N3O5. The second kappa shape index (κ2) is 9.72. The Balaban J connectivity index is 1.51. The van der Waals surface area contributed by atoms with E-state index >= 15 is 0 Å². The van der Waals surface area contributed by atoms with Gasteiger partial charge in [0.2, 0.25) is 0 Å². The Labute approximate surface area is 208 Å². The molecule has 3 amide bonds. The Morgan fingerprint density at radius 1 is 0.971 bits per heavy atom. The Hall–Kier alpha value is -3.59. The lowest BCUT2D eigenvalue weighted by atomic mass is 10.1. The molecule has 0 unspecified atom stereocenters. The molecule has 0 aromatic heterocycles. The number of nitrogens with zero attached hydrogens (tertiary/aromatic N) is 2. The van der Waals surface area contributed by atoms with Crippen LogP contribution in [0.25, 0.3) is 6.08 Å². The summed E-state index contributed by atoms with van der Waals surface area (Å²) in [7, 11) is 0. The predicted octanol–water partition coefficient (Wildman–Crippen LogP) is 6.23. The monoisotopic (exact) mass is 517 g/mol. The van der Waals surface area contributed by atoms with Crippen molar-refractivity contribution in [1.29, 1.82) is 0 Å². The van der Waals surface area contributed by atoms with E-state index in [0.717, 1.165) is 4.90 Å². The topological polar surface area (TPSA) is 102 Å². The molecule has 0 atom stereocenters. The zero-order chi connectivity index (χ0) is 24.4. The van der Waals surface area contributed by atoms with Crippen LogP contribution in [0.4, 0.5) is 16.2 Å². The van der Waals surface area contributed by atoms with E-state index in [1.165, 1.54) is 30.3 Å². The lowest BCUT2D eigenvalue weighted by molar-refractivity contribution is -0.384. The average molecular weight is 519 g/mol. The maximum Gasteiger partial charge on any atom is 0.333 e. The van der Waals surface area contributed by atoms with Crippen LogP contribution in [-0.4, -0.2) is 16.9 Å². The van der Waals surface area contributed by atoms with E-state index in [-0.39, 0.29) is 33.8 Å². The molecular weight excluding hydrogens is 505 g/mol. The highest BCUT2D eigenvalue weighted by molar-refractivity contribution is 6.37. The van der Waals surface area contributed by atoms with Crippen molar-refractivity contribution in [3.8, 4) is 5.75 Å². The minimum atomic E-state index is -0.598. The molecule has 11 heteroatoms. The largest absolute Gasteiger partial charge is 0.486 e. The van der Waals surface area contributed by atoms with Gasteiger partial charge in [0, 0.05) is 17.2 Å². The lowest BCUT2D eigenvalue weighted by Crippen LogP contribution is -2.30. The number of imide groups is 1. The molecule has 0 bridgehead atoms. The van der Waals surface area contributed by atoms with Gasteiger partial charge >= 0.3 is 6.03 Å². The molecule has 4 rings (SSSR count). The summed E-state index contributed by atoms with van der Waals surface area (Å²) in [6.07, 6.45) is 1.45. The van der Waals surface area contributed by atoms with Crippen molar-refractivity contribution in [3.63, 3.8) is 0 Å². The fourth-order valence-corrected chi connectivity index (χ4v) is 3.94. The highest BCUT2D eigenvalue weighted by Crippen LogP contribution is 2.36. The van der Waals surface area contributed by atoms with Crippen molar-refractivity contribution >= 4 is 64.2 Å². The van der Waals surface area contributed by atoms with Gasteiger partial charge in [-0.3, -0.25) is 14.9 Å². The van der Waals surface area contributed by atoms with Crippen molar-refractivity contribution < 1.29 is 19.2 Å². The van der Waals surface area contributed by atoms with Crippen LogP contribution in [0.15, 0.2) is 66.4 Å². The molecule has 0 radical (unpaired) electrons. The third kappa shape index (κ3) is 4.99. The maximum atomic E-state index is 12.8. The number of nitrogens with one attached hydrogen (secondary N) is 1. The molecule has 0 saturated carbocycles. The van der Waals surface area contributed by atoms with Crippen molar-refractivity contribution in [1.82, 2.24) is 5.32 Å². The minimum Gasteiger partial charge on any atom is -0.486 e. The number of anilines is 1. The normalized spacial score (nSPS) is 14.4. The molecule has 172 valence electrons. The number of carbonyl (C=O) groups excluding carboxylic acids is 2. The Bertz CT molecular complexity index is 1300. The van der Waals surface area contributed by atoms with Gasteiger partial charge in [-0.15, -0.1) is 0 Å². The summed E-state index contributed by atoms with van der Waals surface area (Å²) >= 11 is 18.5. The van der Waals surface area contributed by atoms with Crippen LogP contribution in [0.2, 0.25) is 15.1 Å². The number of rotatable bonds is 6. The smallest absolute Gasteiger partial charge is 0.333 e. The van der Waals surface area contributed by atoms with Crippen LogP contribution in [0.3, 0.4) is 0 Å². The van der Waals surface area contributed by atoms with Crippen molar-refractivity contribution in [2.45, 2.75) is 6.61 Å². The van der Waals surface area contributed by atoms with Crippen molar-refractivity contribution in [2.75, 3.05) is 4.90 Å². The number of nitro benzene ring substituents is 1. The Morgan fingerprint density at radius 3 is 2.18 bits per heavy atom. The van der Waals surface area contributed by atoms with E-state index in [1.54, 1.807) is 36.4 Å². The second-order valence-corrected chi connectivity index (χ2v) is 8.38. The summed E-state index contributed by atoms with van der Waals surface area (Å²) in [6.45, 7) is 0.0858. The van der Waals surface area contributed by atoms with E-state index in [9.17, 15) is 19.7 Å². The summed E-state index contributed by atoms with van der Waals surface area (Å²) in [5, 5.41) is 14.1. The number of amides is 3. The van der Waals surface area contributed by atoms with Gasteiger partial charge in [0.25, 0.3) is 11.6 Å². The van der Waals surface area contributed by atoms with Gasteiger partial charge in [0.15, 0.2) is 5.75 Å². The van der Waals surface area contributed by atoms with Gasteiger partial charge in [-0.1, -0.05) is 34.8 Å². The summed E-state index contributed by atoms with van der Waals surface area (Å²) in [4.78, 5) is 36.4. The maximum absolute atomic E-state index is 12.8. The summed E-state index contributed by atoms with van der Waals surface area (Å²) < 4.78 is 5.69. The average Bonchev–Trinajstić information content (AvgIpc) is 3.07. The van der Waals surface area contributed by atoms with Gasteiger partial charge in [-0.2, -0.15) is 0 Å². The van der Waals surface area contributed by atoms with Crippen molar-refractivity contribution in [2.24, 2.45) is 0 Å². The van der Waals surface area contributed by atoms with Gasteiger partial charge in [-0.05, 0) is 65.7 Å². The second-order valence-electron chi connectivity index (χ2n) is 7.13. The molecule has 0 aliphatic carbocycles. The Morgan fingerprint density at radius 2 is 1.59 bits per heavy atom. The number of benzene rings is 3. The predicted molar refractivity (Wildman–Crippen MR) is 129 cm³/mol. The number of hydrogen-bond donors (Lipinski definition) is 1. The fourth-order valence-electron chi connectivity index (χ4n) is 3.20. The number of halogens is 3. The summed E-state index contributed by atoms with van der Waals surface area (Å²) in [6, 6.07) is 14.6. The quantitative estimate of drug-likeness (QED) is 0.180. The van der Waals surface area contributed by atoms with Gasteiger partial charge in [0.1, 0.15) is 12.3 Å². The third-order valence-corrected chi connectivity index (χ3v) is 5.64. The van der Waals surface area contributed by atoms with Crippen LogP contribution in [0.1, 0.15) is 11.1 Å². The molecule has 1 heterocycles. The highest BCUT2D eigenvalue weighted by Gasteiger charge is 2.34. The number of carbonyl (C=O) groups is 2. The SMILES string of the molecule is O=C1N/C(=C/c2cc(Cl)c(OCc3ccc([N+](=O)[O-])cc3)c(Cl)c2)C(=O)N1c1ccc(Cl)cc1. The third-order valence-electron chi connectivity index (χ3n) is 4.82. The van der Waals surface area contributed by atoms with Crippen LogP contribution in [-0.2, 0) is 11.4 Å². The van der Waals surface area contributed by atoms with Crippen LogP contribution in [0.5, 0.6) is 5.75 Å². The molecule has 3 aromatic carbocycles. The number of ether oxygens (including phenoxy) is 1. The van der Waals surface area contributed by atoms with Crippen LogP contribution in [0, 0.1) is 10.1 Å². The standard InChI is InChI=1S/C23H14Cl3N3O5/c24-15-3-7-16(8-4-15)28-22(30)20(27-23(28)31)11-14-9-18(25)21(19(26)10-14)34-12-13-1-5-17(6-2-13)29(32)33/h1-11H,12H2,(H,27,31)/b20-11+. The molecule has 0 spiro atoms. The van der Waals surface area contributed by atoms with E-state index in [2.05, 4.69) is 5.32 Å². The first-order valence-corrected chi connectivity index (χ1v) is 10.8. The molecule has 8 nitrogen and oxygen atoms in total. The molecule has 1 saturated heterocycles. The van der Waals surface area contributed by atoms with Gasteiger partial charge in [0.05, 0.1) is 20.7 Å². The van der Waals surface area contributed by atoms with Crippen LogP contribution >= 0.6 is 34.8 Å². The molecule has 1 aliphatic rings. The first kappa shape index (κ1) is 23.6. The first-order valence-electron chi connectivity index (χ1n) is 9.71. The van der Waals surface area contributed by atoms with Gasteiger partial charge < -0.3 is 10.1 Å². The highest BCUT2D eigenvalue weighted by atomic mass is 35.5. The van der Waals surface area contributed by atoms with Crippen molar-refractivity contribution in [3.05, 3.63) is 103 Å². The summed E-state index contributed by atoms with van der Waals surface area (Å²) in [5.74, 6) is -0.327. The number of non-ortho nitro benzene ring substituents is 1. The lowest BCUT2D eigenvalue weighted by Gasteiger charge is -2.12.